The number of carbonyl (C=O) groups is 1. The summed E-state index contributed by atoms with van der Waals surface area (Å²) in [7, 11) is 1.61. The summed E-state index contributed by atoms with van der Waals surface area (Å²) in [6, 6.07) is 12.9. The van der Waals surface area contributed by atoms with Gasteiger partial charge in [-0.15, -0.1) is 6.42 Å². The van der Waals surface area contributed by atoms with Crippen molar-refractivity contribution in [3.63, 3.8) is 0 Å². The largest absolute Gasteiger partial charge is 0.495 e. The first-order valence-corrected chi connectivity index (χ1v) is 8.70. The average molecular weight is 401 g/mol. The van der Waals surface area contributed by atoms with E-state index < -0.39 is 0 Å². The zero-order valence-electron chi connectivity index (χ0n) is 12.8. The number of ether oxygens (including phenoxy) is 1. The van der Waals surface area contributed by atoms with Crippen molar-refractivity contribution in [3.8, 4) is 18.1 Å². The second-order valence-electron chi connectivity index (χ2n) is 4.88. The van der Waals surface area contributed by atoms with E-state index in [1.807, 2.05) is 34.9 Å². The van der Waals surface area contributed by atoms with Crippen molar-refractivity contribution >= 4 is 43.4 Å². The maximum atomic E-state index is 12.5. The Morgan fingerprint density at radius 2 is 2.12 bits per heavy atom. The Balaban J connectivity index is 2.23. The topological polar surface area (TPSA) is 43.6 Å². The van der Waals surface area contributed by atoms with Gasteiger partial charge in [0, 0.05) is 4.47 Å². The van der Waals surface area contributed by atoms with E-state index in [1.54, 1.807) is 19.2 Å². The molecule has 0 radical (unpaired) electrons. The highest BCUT2D eigenvalue weighted by molar-refractivity contribution is 9.10. The van der Waals surface area contributed by atoms with Crippen LogP contribution in [-0.2, 0) is 6.54 Å². The van der Waals surface area contributed by atoms with Crippen molar-refractivity contribution in [2.24, 2.45) is 4.99 Å². The first-order valence-electron chi connectivity index (χ1n) is 7.09. The van der Waals surface area contributed by atoms with Gasteiger partial charge in [0.25, 0.3) is 5.91 Å². The number of nitrogens with zero attached hydrogens (tertiary/aromatic N) is 2. The molecule has 0 aliphatic heterocycles. The van der Waals surface area contributed by atoms with Gasteiger partial charge in [-0.05, 0) is 40.2 Å². The van der Waals surface area contributed by atoms with Crippen LogP contribution in [0.4, 0.5) is 0 Å². The van der Waals surface area contributed by atoms with Gasteiger partial charge in [0.1, 0.15) is 11.3 Å². The lowest BCUT2D eigenvalue weighted by atomic mass is 10.2. The second kappa shape index (κ2) is 7.04. The Bertz CT molecular complexity index is 1030. The summed E-state index contributed by atoms with van der Waals surface area (Å²) in [4.78, 5) is 17.4. The fraction of sp³-hybridized carbons (Fsp3) is 0.111. The van der Waals surface area contributed by atoms with Gasteiger partial charge in [0.2, 0.25) is 0 Å². The molecule has 0 bridgehead atoms. The summed E-state index contributed by atoms with van der Waals surface area (Å²) in [6.07, 6.45) is 5.50. The van der Waals surface area contributed by atoms with Gasteiger partial charge in [-0.3, -0.25) is 4.79 Å². The van der Waals surface area contributed by atoms with Crippen LogP contribution in [0.1, 0.15) is 10.4 Å². The quantitative estimate of drug-likeness (QED) is 0.626. The Morgan fingerprint density at radius 1 is 1.33 bits per heavy atom. The van der Waals surface area contributed by atoms with E-state index in [4.69, 9.17) is 11.2 Å². The number of carbonyl (C=O) groups excluding carboxylic acids is 1. The molecule has 4 nitrogen and oxygen atoms in total. The zero-order chi connectivity index (χ0) is 17.1. The molecule has 1 amide bonds. The Morgan fingerprint density at radius 3 is 2.83 bits per heavy atom. The first-order chi connectivity index (χ1) is 11.7. The van der Waals surface area contributed by atoms with Gasteiger partial charge >= 0.3 is 0 Å². The molecule has 0 saturated heterocycles. The van der Waals surface area contributed by atoms with Gasteiger partial charge in [-0.2, -0.15) is 4.99 Å². The number of terminal acetylenes is 1. The van der Waals surface area contributed by atoms with Crippen molar-refractivity contribution in [1.82, 2.24) is 4.57 Å². The Hall–Kier alpha value is -2.36. The van der Waals surface area contributed by atoms with Crippen molar-refractivity contribution in [1.29, 1.82) is 0 Å². The molecule has 2 aromatic carbocycles. The summed E-state index contributed by atoms with van der Waals surface area (Å²) in [5, 5.41) is 0. The molecule has 24 heavy (non-hydrogen) atoms. The number of para-hydroxylation sites is 1. The predicted molar refractivity (Wildman–Crippen MR) is 99.2 cm³/mol. The standard InChI is InChI=1S/C18H13BrN2O2S/c1-3-11-21-16-14(23-2)9-6-10-15(16)24-18(21)20-17(22)12-7-4-5-8-13(12)19/h1,4-10H,11H2,2H3. The van der Waals surface area contributed by atoms with Crippen LogP contribution in [0.3, 0.4) is 0 Å². The molecule has 0 saturated carbocycles. The minimum absolute atomic E-state index is 0.308. The van der Waals surface area contributed by atoms with Crippen LogP contribution in [0.2, 0.25) is 0 Å². The molecule has 6 heteroatoms. The molecule has 1 heterocycles. The van der Waals surface area contributed by atoms with Crippen molar-refractivity contribution in [2.75, 3.05) is 7.11 Å². The number of benzene rings is 2. The Labute approximate surface area is 151 Å². The number of halogens is 1. The predicted octanol–water partition coefficient (Wildman–Crippen LogP) is 3.85. The third kappa shape index (κ3) is 3.01. The fourth-order valence-electron chi connectivity index (χ4n) is 2.37. The van der Waals surface area contributed by atoms with E-state index in [1.165, 1.54) is 11.3 Å². The lowest BCUT2D eigenvalue weighted by Gasteiger charge is -2.05. The number of amides is 1. The number of fused-ring (bicyclic) bond motifs is 1. The van der Waals surface area contributed by atoms with E-state index >= 15 is 0 Å². The fourth-order valence-corrected chi connectivity index (χ4v) is 3.87. The van der Waals surface area contributed by atoms with Gasteiger partial charge in [0.15, 0.2) is 4.80 Å². The molecule has 0 N–H and O–H groups in total. The SMILES string of the molecule is C#CCn1c(=NC(=O)c2ccccc2Br)sc2cccc(OC)c21. The highest BCUT2D eigenvalue weighted by Crippen LogP contribution is 2.27. The summed E-state index contributed by atoms with van der Waals surface area (Å²) < 4.78 is 8.92. The molecular formula is C18H13BrN2O2S. The molecule has 120 valence electrons. The summed E-state index contributed by atoms with van der Waals surface area (Å²) in [6.45, 7) is 0.308. The van der Waals surface area contributed by atoms with E-state index in [-0.39, 0.29) is 5.91 Å². The smallest absolute Gasteiger partial charge is 0.280 e. The van der Waals surface area contributed by atoms with Crippen LogP contribution < -0.4 is 9.54 Å². The molecule has 0 spiro atoms. The first kappa shape index (κ1) is 16.5. The monoisotopic (exact) mass is 400 g/mol. The number of thiazole rings is 1. The average Bonchev–Trinajstić information content (AvgIpc) is 2.93. The third-order valence-corrected chi connectivity index (χ3v) is 5.17. The van der Waals surface area contributed by atoms with E-state index in [2.05, 4.69) is 26.8 Å². The lowest BCUT2D eigenvalue weighted by molar-refractivity contribution is 0.0997. The normalized spacial score (nSPS) is 11.5. The lowest BCUT2D eigenvalue weighted by Crippen LogP contribution is -2.17. The van der Waals surface area contributed by atoms with Gasteiger partial charge < -0.3 is 9.30 Å². The van der Waals surface area contributed by atoms with Gasteiger partial charge in [-0.25, -0.2) is 0 Å². The highest BCUT2D eigenvalue weighted by atomic mass is 79.9. The maximum Gasteiger partial charge on any atom is 0.280 e. The zero-order valence-corrected chi connectivity index (χ0v) is 15.2. The van der Waals surface area contributed by atoms with Crippen LogP contribution >= 0.6 is 27.3 Å². The molecular weight excluding hydrogens is 388 g/mol. The number of rotatable bonds is 3. The molecule has 0 aliphatic rings. The second-order valence-corrected chi connectivity index (χ2v) is 6.74. The van der Waals surface area contributed by atoms with Gasteiger partial charge in [0.05, 0.1) is 23.9 Å². The van der Waals surface area contributed by atoms with Crippen molar-refractivity contribution < 1.29 is 9.53 Å². The van der Waals surface area contributed by atoms with Crippen molar-refractivity contribution in [2.45, 2.75) is 6.54 Å². The minimum atomic E-state index is -0.321. The number of hydrogen-bond acceptors (Lipinski definition) is 3. The minimum Gasteiger partial charge on any atom is -0.495 e. The summed E-state index contributed by atoms with van der Waals surface area (Å²) in [5.41, 5.74) is 1.36. The van der Waals surface area contributed by atoms with Crippen LogP contribution in [-0.4, -0.2) is 17.6 Å². The Kier molecular flexibility index (Phi) is 4.84. The third-order valence-electron chi connectivity index (χ3n) is 3.43. The van der Waals surface area contributed by atoms with Crippen LogP contribution in [0, 0.1) is 12.3 Å². The molecule has 0 fully saturated rings. The summed E-state index contributed by atoms with van der Waals surface area (Å²) in [5.74, 6) is 2.99. The summed E-state index contributed by atoms with van der Waals surface area (Å²) >= 11 is 4.79. The molecule has 3 aromatic rings. The number of hydrogen-bond donors (Lipinski definition) is 0. The van der Waals surface area contributed by atoms with Crippen LogP contribution in [0.15, 0.2) is 51.9 Å². The molecule has 0 atom stereocenters. The highest BCUT2D eigenvalue weighted by Gasteiger charge is 2.13. The van der Waals surface area contributed by atoms with E-state index in [0.717, 1.165) is 10.2 Å². The molecule has 0 unspecified atom stereocenters. The maximum absolute atomic E-state index is 12.5. The van der Waals surface area contributed by atoms with E-state index in [9.17, 15) is 4.79 Å². The number of methoxy groups -OCH3 is 1. The molecule has 0 aliphatic carbocycles. The number of aromatic nitrogens is 1. The van der Waals surface area contributed by atoms with Crippen LogP contribution in [0.5, 0.6) is 5.75 Å². The molecule has 3 rings (SSSR count). The van der Waals surface area contributed by atoms with Crippen molar-refractivity contribution in [3.05, 3.63) is 57.3 Å². The van der Waals surface area contributed by atoms with E-state index in [0.29, 0.717) is 27.1 Å². The van der Waals surface area contributed by atoms with Gasteiger partial charge in [-0.1, -0.05) is 35.5 Å². The van der Waals surface area contributed by atoms with Crippen LogP contribution in [0.25, 0.3) is 10.2 Å². The molecule has 1 aromatic heterocycles.